The topological polar surface area (TPSA) is 105 Å². The minimum atomic E-state index is -1.07. The van der Waals surface area contributed by atoms with Gasteiger partial charge in [-0.2, -0.15) is 5.01 Å². The molecule has 0 saturated carbocycles. The zero-order valence-electron chi connectivity index (χ0n) is 18.2. The van der Waals surface area contributed by atoms with E-state index in [1.54, 1.807) is 56.3 Å². The van der Waals surface area contributed by atoms with Gasteiger partial charge in [-0.05, 0) is 61.0 Å². The van der Waals surface area contributed by atoms with Gasteiger partial charge in [0.05, 0.1) is 12.0 Å². The molecule has 2 amide bonds. The Labute approximate surface area is 200 Å². The molecule has 1 saturated heterocycles. The Morgan fingerprint density at radius 1 is 1.24 bits per heavy atom. The number of carbonyl (C=O) groups is 3. The van der Waals surface area contributed by atoms with Gasteiger partial charge in [-0.25, -0.2) is 4.79 Å². The van der Waals surface area contributed by atoms with Crippen molar-refractivity contribution in [1.29, 1.82) is 0 Å². The Kier molecular flexibility index (Phi) is 7.72. The van der Waals surface area contributed by atoms with Crippen LogP contribution in [0.2, 0.25) is 0 Å². The number of benzene rings is 2. The van der Waals surface area contributed by atoms with Crippen LogP contribution >= 0.6 is 24.0 Å². The number of carboxylic acids is 1. The first-order valence-electron chi connectivity index (χ1n) is 9.97. The van der Waals surface area contributed by atoms with Gasteiger partial charge in [0, 0.05) is 5.56 Å². The predicted molar refractivity (Wildman–Crippen MR) is 129 cm³/mol. The lowest BCUT2D eigenvalue weighted by Gasteiger charge is -2.16. The van der Waals surface area contributed by atoms with Crippen LogP contribution in [-0.2, 0) is 9.59 Å². The molecule has 0 bridgehead atoms. The maximum absolute atomic E-state index is 12.9. The van der Waals surface area contributed by atoms with Crippen LogP contribution in [0.15, 0.2) is 47.4 Å². The maximum atomic E-state index is 12.9. The van der Waals surface area contributed by atoms with Crippen LogP contribution in [-0.4, -0.2) is 45.4 Å². The molecular formula is C23H22N2O6S2. The van der Waals surface area contributed by atoms with Gasteiger partial charge in [0.2, 0.25) is 0 Å². The van der Waals surface area contributed by atoms with E-state index in [1.807, 2.05) is 6.07 Å². The molecule has 3 rings (SSSR count). The summed E-state index contributed by atoms with van der Waals surface area (Å²) in [7, 11) is 1.44. The van der Waals surface area contributed by atoms with E-state index in [0.717, 1.165) is 22.3 Å². The fraction of sp³-hybridized carbons (Fsp3) is 0.217. The number of thiocarbonyl (C=S) groups is 1. The monoisotopic (exact) mass is 486 g/mol. The average Bonchev–Trinajstić information content (AvgIpc) is 3.05. The lowest BCUT2D eigenvalue weighted by molar-refractivity contribution is -0.145. The van der Waals surface area contributed by atoms with Gasteiger partial charge in [0.25, 0.3) is 11.8 Å². The van der Waals surface area contributed by atoms with Crippen molar-refractivity contribution in [2.75, 3.05) is 7.11 Å². The molecule has 0 aromatic heterocycles. The van der Waals surface area contributed by atoms with Gasteiger partial charge in [-0.1, -0.05) is 43.0 Å². The molecule has 0 radical (unpaired) electrons. The minimum absolute atomic E-state index is 0.201. The third-order valence-corrected chi connectivity index (χ3v) is 6.10. The van der Waals surface area contributed by atoms with Crippen molar-refractivity contribution in [3.05, 3.63) is 64.1 Å². The smallest absolute Gasteiger partial charge is 0.344 e. The van der Waals surface area contributed by atoms with E-state index in [-0.39, 0.29) is 16.5 Å². The number of carbonyl (C=O) groups excluding carboxylic acids is 2. The van der Waals surface area contributed by atoms with E-state index in [0.29, 0.717) is 21.8 Å². The van der Waals surface area contributed by atoms with Crippen molar-refractivity contribution in [3.63, 3.8) is 0 Å². The summed E-state index contributed by atoms with van der Waals surface area (Å²) < 4.78 is 11.1. The molecule has 1 unspecified atom stereocenters. The number of hydrogen-bond donors (Lipinski definition) is 2. The number of aliphatic carboxylic acids is 1. The molecule has 172 valence electrons. The second-order valence-electron chi connectivity index (χ2n) is 7.04. The number of nitrogens with zero attached hydrogens (tertiary/aromatic N) is 1. The van der Waals surface area contributed by atoms with Crippen molar-refractivity contribution in [2.24, 2.45) is 0 Å². The van der Waals surface area contributed by atoms with Crippen LogP contribution < -0.4 is 14.9 Å². The minimum Gasteiger partial charge on any atom is -0.493 e. The van der Waals surface area contributed by atoms with E-state index in [9.17, 15) is 19.5 Å². The highest BCUT2D eigenvalue weighted by Crippen LogP contribution is 2.34. The number of thioether (sulfide) groups is 1. The van der Waals surface area contributed by atoms with Crippen molar-refractivity contribution in [2.45, 2.75) is 26.4 Å². The van der Waals surface area contributed by atoms with Crippen LogP contribution in [0.4, 0.5) is 0 Å². The molecule has 2 aromatic rings. The number of methoxy groups -OCH3 is 1. The second-order valence-corrected chi connectivity index (χ2v) is 8.71. The SMILES string of the molecule is CCC(Oc1ccc(/C=C2/SC(=S)N(NC(=O)c3ccccc3C)C2=O)cc1OC)C(=O)O. The van der Waals surface area contributed by atoms with Crippen molar-refractivity contribution >= 4 is 52.2 Å². The van der Waals surface area contributed by atoms with Gasteiger partial charge in [-0.3, -0.25) is 15.0 Å². The highest BCUT2D eigenvalue weighted by Gasteiger charge is 2.34. The lowest BCUT2D eigenvalue weighted by Crippen LogP contribution is -2.45. The number of amides is 2. The number of ether oxygens (including phenoxy) is 2. The number of rotatable bonds is 8. The fourth-order valence-electron chi connectivity index (χ4n) is 3.04. The molecule has 1 aliphatic rings. The Morgan fingerprint density at radius 2 is 1.97 bits per heavy atom. The van der Waals surface area contributed by atoms with E-state index < -0.39 is 23.9 Å². The molecule has 1 fully saturated rings. The molecule has 2 N–H and O–H groups in total. The Hall–Kier alpha value is -3.37. The van der Waals surface area contributed by atoms with Crippen LogP contribution in [0.3, 0.4) is 0 Å². The van der Waals surface area contributed by atoms with E-state index in [4.69, 9.17) is 21.7 Å². The first kappa shape index (κ1) is 24.3. The van der Waals surface area contributed by atoms with E-state index in [2.05, 4.69) is 5.43 Å². The first-order valence-corrected chi connectivity index (χ1v) is 11.2. The predicted octanol–water partition coefficient (Wildman–Crippen LogP) is 3.79. The highest BCUT2D eigenvalue weighted by atomic mass is 32.2. The standard InChI is InChI=1S/C23H22N2O6S2/c1-4-16(22(28)29)31-17-10-9-14(11-18(17)30-3)12-19-21(27)25(23(32)33-19)24-20(26)15-8-6-5-7-13(15)2/h5-12,16H,4H2,1-3H3,(H,24,26)(H,28,29)/b19-12+. The molecule has 1 atom stereocenters. The van der Waals surface area contributed by atoms with E-state index >= 15 is 0 Å². The summed E-state index contributed by atoms with van der Waals surface area (Å²) in [5.74, 6) is -1.35. The van der Waals surface area contributed by atoms with Gasteiger partial charge in [0.15, 0.2) is 21.9 Å². The fourth-order valence-corrected chi connectivity index (χ4v) is 4.22. The van der Waals surface area contributed by atoms with Gasteiger partial charge in [-0.15, -0.1) is 0 Å². The molecule has 2 aromatic carbocycles. The molecule has 0 spiro atoms. The second kappa shape index (κ2) is 10.5. The lowest BCUT2D eigenvalue weighted by atomic mass is 10.1. The van der Waals surface area contributed by atoms with Crippen LogP contribution in [0, 0.1) is 6.92 Å². The van der Waals surface area contributed by atoms with Crippen LogP contribution in [0.1, 0.15) is 34.8 Å². The Bertz CT molecular complexity index is 1150. The van der Waals surface area contributed by atoms with Gasteiger partial charge in [0.1, 0.15) is 0 Å². The molecule has 8 nitrogen and oxygen atoms in total. The number of carboxylic acid groups (broad SMARTS) is 1. The van der Waals surface area contributed by atoms with Gasteiger partial charge < -0.3 is 14.6 Å². The summed E-state index contributed by atoms with van der Waals surface area (Å²) >= 11 is 6.34. The Morgan fingerprint density at radius 3 is 2.61 bits per heavy atom. The number of aryl methyl sites for hydroxylation is 1. The summed E-state index contributed by atoms with van der Waals surface area (Å²) in [5, 5.41) is 10.3. The van der Waals surface area contributed by atoms with Crippen LogP contribution in [0.25, 0.3) is 6.08 Å². The summed E-state index contributed by atoms with van der Waals surface area (Å²) in [6.07, 6.45) is 0.898. The highest BCUT2D eigenvalue weighted by molar-refractivity contribution is 8.26. The third kappa shape index (κ3) is 5.52. The number of nitrogens with one attached hydrogen (secondary N) is 1. The first-order chi connectivity index (χ1) is 15.7. The zero-order chi connectivity index (χ0) is 24.1. The normalized spacial score (nSPS) is 15.5. The summed E-state index contributed by atoms with van der Waals surface area (Å²) in [5.41, 5.74) is 4.41. The average molecular weight is 487 g/mol. The molecule has 10 heteroatoms. The van der Waals surface area contributed by atoms with Crippen LogP contribution in [0.5, 0.6) is 11.5 Å². The quantitative estimate of drug-likeness (QED) is 0.429. The Balaban J connectivity index is 1.79. The molecule has 1 heterocycles. The summed E-state index contributed by atoms with van der Waals surface area (Å²) in [6, 6.07) is 11.9. The largest absolute Gasteiger partial charge is 0.493 e. The van der Waals surface area contributed by atoms with Crippen molar-refractivity contribution in [3.8, 4) is 11.5 Å². The third-order valence-electron chi connectivity index (χ3n) is 4.80. The zero-order valence-corrected chi connectivity index (χ0v) is 19.8. The maximum Gasteiger partial charge on any atom is 0.344 e. The molecule has 0 aliphatic carbocycles. The van der Waals surface area contributed by atoms with Crippen molar-refractivity contribution in [1.82, 2.24) is 10.4 Å². The number of hydrazine groups is 1. The number of hydrogen-bond acceptors (Lipinski definition) is 7. The summed E-state index contributed by atoms with van der Waals surface area (Å²) in [4.78, 5) is 37.0. The van der Waals surface area contributed by atoms with E-state index in [1.165, 1.54) is 7.11 Å². The molecule has 33 heavy (non-hydrogen) atoms. The van der Waals surface area contributed by atoms with Crippen molar-refractivity contribution < 1.29 is 29.0 Å². The summed E-state index contributed by atoms with van der Waals surface area (Å²) in [6.45, 7) is 3.51. The molecule has 1 aliphatic heterocycles. The molecular weight excluding hydrogens is 464 g/mol. The van der Waals surface area contributed by atoms with Gasteiger partial charge >= 0.3 is 5.97 Å².